The van der Waals surface area contributed by atoms with E-state index >= 15 is 0 Å². The van der Waals surface area contributed by atoms with Crippen LogP contribution in [0.5, 0.6) is 0 Å². The Morgan fingerprint density at radius 1 is 1.14 bits per heavy atom. The van der Waals surface area contributed by atoms with Crippen molar-refractivity contribution >= 4 is 28.9 Å². The van der Waals surface area contributed by atoms with Gasteiger partial charge >= 0.3 is 0 Å². The van der Waals surface area contributed by atoms with E-state index in [1.165, 1.54) is 6.20 Å². The molecule has 2 saturated carbocycles. The fourth-order valence-electron chi connectivity index (χ4n) is 5.11. The van der Waals surface area contributed by atoms with Crippen LogP contribution < -0.4 is 21.5 Å². The standard InChI is InChI=1S/C25H33N7O4/c1-26-22-13-21(29-20-8-5-9-31(25(20)34)16-11-18(12-16)36-3)30-23-19(14-27-32(22)23)24(33)28-15-6-4-7-17(10-15)35-2/h5,8-9,13-18,26H,4,6-7,10-12H2,1-3H3,(H,28,33)(H,29,30)/t15-,16-,17-,18-/m1/s1. The fraction of sp³-hybridized carbons (Fsp3) is 0.520. The number of anilines is 3. The predicted molar refractivity (Wildman–Crippen MR) is 136 cm³/mol. The summed E-state index contributed by atoms with van der Waals surface area (Å²) >= 11 is 0. The Morgan fingerprint density at radius 3 is 2.69 bits per heavy atom. The Balaban J connectivity index is 1.40. The maximum absolute atomic E-state index is 13.2. The van der Waals surface area contributed by atoms with Crippen LogP contribution in [-0.4, -0.2) is 64.6 Å². The first-order valence-electron chi connectivity index (χ1n) is 12.4. The topological polar surface area (TPSA) is 124 Å². The molecule has 3 aromatic rings. The monoisotopic (exact) mass is 495 g/mol. The number of nitrogens with one attached hydrogen (secondary N) is 3. The highest BCUT2D eigenvalue weighted by atomic mass is 16.5. The number of pyridine rings is 1. The lowest BCUT2D eigenvalue weighted by Gasteiger charge is -2.35. The zero-order chi connectivity index (χ0) is 25.2. The summed E-state index contributed by atoms with van der Waals surface area (Å²) in [4.78, 5) is 31.0. The third-order valence-corrected chi connectivity index (χ3v) is 7.30. The van der Waals surface area contributed by atoms with Gasteiger partial charge in [-0.1, -0.05) is 0 Å². The first-order chi connectivity index (χ1) is 17.5. The van der Waals surface area contributed by atoms with E-state index in [4.69, 9.17) is 9.47 Å². The molecular formula is C25H33N7O4. The van der Waals surface area contributed by atoms with E-state index in [9.17, 15) is 9.59 Å². The second kappa shape index (κ2) is 10.3. The average Bonchev–Trinajstić information content (AvgIpc) is 3.29. The van der Waals surface area contributed by atoms with Gasteiger partial charge in [-0.2, -0.15) is 9.61 Å². The molecule has 3 N–H and O–H groups in total. The normalized spacial score (nSPS) is 23.8. The van der Waals surface area contributed by atoms with Gasteiger partial charge < -0.3 is 30.0 Å². The quantitative estimate of drug-likeness (QED) is 0.436. The summed E-state index contributed by atoms with van der Waals surface area (Å²) < 4.78 is 14.2. The number of rotatable bonds is 8. The number of carbonyl (C=O) groups is 1. The van der Waals surface area contributed by atoms with E-state index in [1.807, 2.05) is 6.07 Å². The molecule has 0 spiro atoms. The second-order valence-electron chi connectivity index (χ2n) is 9.51. The molecule has 11 nitrogen and oxygen atoms in total. The zero-order valence-corrected chi connectivity index (χ0v) is 20.9. The van der Waals surface area contributed by atoms with Gasteiger partial charge in [-0.05, 0) is 50.7 Å². The smallest absolute Gasteiger partial charge is 0.274 e. The van der Waals surface area contributed by atoms with Crippen molar-refractivity contribution in [3.8, 4) is 0 Å². The lowest BCUT2D eigenvalue weighted by molar-refractivity contribution is 0.00522. The Bertz CT molecular complexity index is 1300. The van der Waals surface area contributed by atoms with Crippen molar-refractivity contribution in [1.29, 1.82) is 0 Å². The van der Waals surface area contributed by atoms with Crippen molar-refractivity contribution in [3.63, 3.8) is 0 Å². The van der Waals surface area contributed by atoms with E-state index in [1.54, 1.807) is 48.7 Å². The number of fused-ring (bicyclic) bond motifs is 1. The molecule has 36 heavy (non-hydrogen) atoms. The molecular weight excluding hydrogens is 462 g/mol. The van der Waals surface area contributed by atoms with Crippen LogP contribution in [0.25, 0.3) is 5.65 Å². The molecule has 1 amide bonds. The number of aromatic nitrogens is 4. The number of hydrogen-bond acceptors (Lipinski definition) is 8. The van der Waals surface area contributed by atoms with Gasteiger partial charge in [0.25, 0.3) is 11.5 Å². The summed E-state index contributed by atoms with van der Waals surface area (Å²) in [6.07, 6.45) is 9.04. The molecule has 0 aliphatic heterocycles. The predicted octanol–water partition coefficient (Wildman–Crippen LogP) is 2.71. The molecule has 2 aliphatic rings. The minimum atomic E-state index is -0.224. The summed E-state index contributed by atoms with van der Waals surface area (Å²) in [5, 5.41) is 13.7. The molecule has 0 aromatic carbocycles. The van der Waals surface area contributed by atoms with E-state index in [0.717, 1.165) is 38.5 Å². The van der Waals surface area contributed by atoms with E-state index in [0.29, 0.717) is 28.5 Å². The highest BCUT2D eigenvalue weighted by molar-refractivity contribution is 6.00. The first kappa shape index (κ1) is 24.3. The SMILES string of the molecule is CNc1cc(Nc2cccn([C@H]3C[C@H](OC)C3)c2=O)nc2c(C(=O)N[C@@H]3CCC[C@@H](OC)C3)cnn12. The van der Waals surface area contributed by atoms with Gasteiger partial charge in [0.15, 0.2) is 5.65 Å². The molecule has 192 valence electrons. The Hall–Kier alpha value is -3.44. The van der Waals surface area contributed by atoms with Crippen molar-refractivity contribution in [2.45, 2.75) is 62.8 Å². The Labute approximate surface area is 209 Å². The third kappa shape index (κ3) is 4.68. The van der Waals surface area contributed by atoms with Crippen LogP contribution in [0.2, 0.25) is 0 Å². The van der Waals surface area contributed by atoms with Gasteiger partial charge in [-0.3, -0.25) is 9.59 Å². The Kier molecular flexibility index (Phi) is 6.92. The Morgan fingerprint density at radius 2 is 1.94 bits per heavy atom. The zero-order valence-electron chi connectivity index (χ0n) is 20.9. The van der Waals surface area contributed by atoms with Crippen LogP contribution in [0.3, 0.4) is 0 Å². The molecule has 11 heteroatoms. The highest BCUT2D eigenvalue weighted by Gasteiger charge is 2.31. The number of carbonyl (C=O) groups excluding carboxylic acids is 1. The van der Waals surface area contributed by atoms with Crippen molar-refractivity contribution in [1.82, 2.24) is 24.5 Å². The molecule has 3 heterocycles. The van der Waals surface area contributed by atoms with Gasteiger partial charge in [0.05, 0.1) is 18.4 Å². The van der Waals surface area contributed by atoms with E-state index in [2.05, 4.69) is 26.0 Å². The third-order valence-electron chi connectivity index (χ3n) is 7.30. The van der Waals surface area contributed by atoms with Crippen molar-refractivity contribution in [2.24, 2.45) is 0 Å². The van der Waals surface area contributed by atoms with Crippen molar-refractivity contribution in [3.05, 3.63) is 46.5 Å². The van der Waals surface area contributed by atoms with Gasteiger partial charge in [0, 0.05) is 45.6 Å². The molecule has 0 unspecified atom stereocenters. The molecule has 0 radical (unpaired) electrons. The van der Waals surface area contributed by atoms with Crippen molar-refractivity contribution < 1.29 is 14.3 Å². The summed E-state index contributed by atoms with van der Waals surface area (Å²) in [5.41, 5.74) is 1.07. The number of hydrogen-bond donors (Lipinski definition) is 3. The van der Waals surface area contributed by atoms with E-state index in [-0.39, 0.29) is 35.8 Å². The van der Waals surface area contributed by atoms with Crippen LogP contribution in [0.15, 0.2) is 35.4 Å². The lowest BCUT2D eigenvalue weighted by atomic mass is 9.89. The molecule has 2 aliphatic carbocycles. The largest absolute Gasteiger partial charge is 0.381 e. The van der Waals surface area contributed by atoms with E-state index < -0.39 is 0 Å². The fourth-order valence-corrected chi connectivity index (χ4v) is 5.11. The number of amides is 1. The molecule has 2 fully saturated rings. The second-order valence-corrected chi connectivity index (χ2v) is 9.51. The number of ether oxygens (including phenoxy) is 2. The molecule has 0 bridgehead atoms. The summed E-state index contributed by atoms with van der Waals surface area (Å²) in [7, 11) is 5.17. The molecule has 0 saturated heterocycles. The maximum atomic E-state index is 13.2. The molecule has 3 aromatic heterocycles. The van der Waals surface area contributed by atoms with Crippen LogP contribution in [0.1, 0.15) is 54.9 Å². The van der Waals surface area contributed by atoms with Crippen LogP contribution in [0.4, 0.5) is 17.3 Å². The highest BCUT2D eigenvalue weighted by Crippen LogP contribution is 2.33. The van der Waals surface area contributed by atoms with Crippen molar-refractivity contribution in [2.75, 3.05) is 31.9 Å². The van der Waals surface area contributed by atoms with Gasteiger partial charge in [0.1, 0.15) is 22.9 Å². The van der Waals surface area contributed by atoms with Gasteiger partial charge in [-0.25, -0.2) is 4.98 Å². The maximum Gasteiger partial charge on any atom is 0.274 e. The lowest BCUT2D eigenvalue weighted by Crippen LogP contribution is -2.40. The average molecular weight is 496 g/mol. The number of nitrogens with zero attached hydrogens (tertiary/aromatic N) is 4. The van der Waals surface area contributed by atoms with Crippen LogP contribution in [0, 0.1) is 0 Å². The van der Waals surface area contributed by atoms with Gasteiger partial charge in [-0.15, -0.1) is 0 Å². The number of methoxy groups -OCH3 is 2. The first-order valence-corrected chi connectivity index (χ1v) is 12.4. The van der Waals surface area contributed by atoms with Crippen LogP contribution in [-0.2, 0) is 9.47 Å². The molecule has 2 atom stereocenters. The minimum absolute atomic E-state index is 0.0447. The minimum Gasteiger partial charge on any atom is -0.381 e. The molecule has 5 rings (SSSR count). The summed E-state index contributed by atoms with van der Waals surface area (Å²) in [6, 6.07) is 5.50. The summed E-state index contributed by atoms with van der Waals surface area (Å²) in [5.74, 6) is 0.854. The van der Waals surface area contributed by atoms with Crippen LogP contribution >= 0.6 is 0 Å². The van der Waals surface area contributed by atoms with Gasteiger partial charge in [0.2, 0.25) is 0 Å². The summed E-state index contributed by atoms with van der Waals surface area (Å²) in [6.45, 7) is 0.